The normalized spacial score (nSPS) is 27.3. The zero-order chi connectivity index (χ0) is 21.5. The van der Waals surface area contributed by atoms with E-state index in [0.717, 1.165) is 41.5 Å². The van der Waals surface area contributed by atoms with E-state index < -0.39 is 0 Å². The minimum Gasteiger partial charge on any atom is -0.498 e. The summed E-state index contributed by atoms with van der Waals surface area (Å²) in [5, 5.41) is 19.8. The first-order chi connectivity index (χ1) is 15.2. The molecule has 2 unspecified atom stereocenters. The Morgan fingerprint density at radius 2 is 2.03 bits per heavy atom. The second kappa shape index (κ2) is 8.62. The molecule has 6 nitrogen and oxygen atoms in total. The number of rotatable bonds is 6. The van der Waals surface area contributed by atoms with Gasteiger partial charge >= 0.3 is 0 Å². The second-order valence-electron chi connectivity index (χ2n) is 8.18. The Labute approximate surface area is 191 Å². The Hall–Kier alpha value is -1.80. The molecule has 8 heteroatoms. The Morgan fingerprint density at radius 3 is 2.74 bits per heavy atom. The summed E-state index contributed by atoms with van der Waals surface area (Å²) in [6, 6.07) is 6.06. The highest BCUT2D eigenvalue weighted by molar-refractivity contribution is 7.99. The number of aliphatic hydroxyl groups is 1. The smallest absolute Gasteiger partial charge is 0.150 e. The highest BCUT2D eigenvalue weighted by atomic mass is 35.5. The van der Waals surface area contributed by atoms with Gasteiger partial charge in [-0.1, -0.05) is 23.8 Å². The van der Waals surface area contributed by atoms with Gasteiger partial charge in [0.15, 0.2) is 5.82 Å². The maximum absolute atomic E-state index is 9.84. The Morgan fingerprint density at radius 1 is 1.23 bits per heavy atom. The average Bonchev–Trinajstić information content (AvgIpc) is 3.56. The van der Waals surface area contributed by atoms with Gasteiger partial charge in [0.25, 0.3) is 0 Å². The number of fused-ring (bicyclic) bond motifs is 3. The molecule has 0 amide bonds. The molecular formula is C23H26ClN3O3S. The number of hydrogen-bond donors (Lipinski definition) is 1. The fourth-order valence-electron chi connectivity index (χ4n) is 4.63. The van der Waals surface area contributed by atoms with Gasteiger partial charge in [-0.3, -0.25) is 4.57 Å². The highest BCUT2D eigenvalue weighted by Crippen LogP contribution is 2.54. The SMILES string of the molecule is COC1=CC=CC([C@H]2S[C@H](CCO)c3nnc(C4CC4)n3-c3ccc(Cl)cc32)C1OC. The number of thioether (sulfide) groups is 1. The quantitative estimate of drug-likeness (QED) is 0.672. The molecule has 2 aromatic rings. The second-order valence-corrected chi connectivity index (χ2v) is 9.96. The van der Waals surface area contributed by atoms with E-state index in [1.165, 1.54) is 0 Å². The van der Waals surface area contributed by atoms with Gasteiger partial charge in [-0.15, -0.1) is 22.0 Å². The van der Waals surface area contributed by atoms with E-state index in [9.17, 15) is 5.11 Å². The number of aliphatic hydroxyl groups excluding tert-OH is 1. The third-order valence-electron chi connectivity index (χ3n) is 6.25. The number of benzene rings is 1. The number of methoxy groups -OCH3 is 2. The number of ether oxygens (including phenoxy) is 2. The van der Waals surface area contributed by atoms with Gasteiger partial charge in [0.05, 0.1) is 18.0 Å². The fourth-order valence-corrected chi connectivity index (χ4v) is 6.43. The Kier molecular flexibility index (Phi) is 5.86. The molecule has 1 aromatic carbocycles. The van der Waals surface area contributed by atoms with Crippen LogP contribution in [-0.4, -0.2) is 46.8 Å². The van der Waals surface area contributed by atoms with Crippen LogP contribution in [0.4, 0.5) is 0 Å². The number of hydrogen-bond acceptors (Lipinski definition) is 6. The van der Waals surface area contributed by atoms with Crippen LogP contribution in [0.1, 0.15) is 52.9 Å². The molecular weight excluding hydrogens is 434 g/mol. The van der Waals surface area contributed by atoms with Crippen molar-refractivity contribution in [2.45, 2.75) is 41.8 Å². The van der Waals surface area contributed by atoms with Crippen molar-refractivity contribution in [2.24, 2.45) is 5.92 Å². The number of allylic oxidation sites excluding steroid dienone is 2. The largest absolute Gasteiger partial charge is 0.498 e. The van der Waals surface area contributed by atoms with Crippen molar-refractivity contribution in [1.29, 1.82) is 0 Å². The van der Waals surface area contributed by atoms with Gasteiger partial charge in [-0.05, 0) is 49.1 Å². The van der Waals surface area contributed by atoms with Gasteiger partial charge in [0, 0.05) is 35.8 Å². The minimum atomic E-state index is -0.208. The summed E-state index contributed by atoms with van der Waals surface area (Å²) in [5.41, 5.74) is 2.20. The third kappa shape index (κ3) is 3.71. The number of nitrogens with zero attached hydrogens (tertiary/aromatic N) is 3. The monoisotopic (exact) mass is 459 g/mol. The topological polar surface area (TPSA) is 69.4 Å². The first-order valence-electron chi connectivity index (χ1n) is 10.6. The summed E-state index contributed by atoms with van der Waals surface area (Å²) < 4.78 is 13.7. The van der Waals surface area contributed by atoms with E-state index >= 15 is 0 Å². The molecule has 2 aliphatic carbocycles. The van der Waals surface area contributed by atoms with Crippen molar-refractivity contribution in [1.82, 2.24) is 14.8 Å². The molecule has 164 valence electrons. The van der Waals surface area contributed by atoms with Crippen LogP contribution in [0.25, 0.3) is 5.69 Å². The maximum atomic E-state index is 9.84. The molecule has 0 saturated heterocycles. The Balaban J connectivity index is 1.68. The third-order valence-corrected chi connectivity index (χ3v) is 8.12. The van der Waals surface area contributed by atoms with Gasteiger partial charge in [0.1, 0.15) is 17.7 Å². The van der Waals surface area contributed by atoms with Gasteiger partial charge in [-0.25, -0.2) is 0 Å². The molecule has 1 fully saturated rings. The van der Waals surface area contributed by atoms with Crippen LogP contribution in [0.2, 0.25) is 5.02 Å². The first-order valence-corrected chi connectivity index (χ1v) is 11.9. The molecule has 31 heavy (non-hydrogen) atoms. The zero-order valence-electron chi connectivity index (χ0n) is 17.6. The molecule has 4 atom stereocenters. The molecule has 1 saturated carbocycles. The van der Waals surface area contributed by atoms with E-state index in [4.69, 9.17) is 21.1 Å². The summed E-state index contributed by atoms with van der Waals surface area (Å²) in [6.45, 7) is 0.0878. The van der Waals surface area contributed by atoms with Crippen LogP contribution in [0.3, 0.4) is 0 Å². The lowest BCUT2D eigenvalue weighted by molar-refractivity contribution is 0.0480. The maximum Gasteiger partial charge on any atom is 0.150 e. The van der Waals surface area contributed by atoms with E-state index in [2.05, 4.69) is 33.0 Å². The average molecular weight is 460 g/mol. The van der Waals surface area contributed by atoms with Crippen LogP contribution >= 0.6 is 23.4 Å². The predicted octanol–water partition coefficient (Wildman–Crippen LogP) is 4.74. The standard InChI is InChI=1S/C23H26ClN3O3S/c1-29-18-5-3-4-15(20(18)30-2)21-16-12-14(24)8-9-17(16)27-22(13-6-7-13)25-26-23(27)19(31-21)10-11-28/h3-5,8-9,12-13,15,19-21,28H,6-7,10-11H2,1-2H3/t15?,19-,20?,21-/m1/s1. The van der Waals surface area contributed by atoms with Crippen LogP contribution in [0.5, 0.6) is 0 Å². The zero-order valence-corrected chi connectivity index (χ0v) is 19.1. The summed E-state index contributed by atoms with van der Waals surface area (Å²) >= 11 is 8.30. The summed E-state index contributed by atoms with van der Waals surface area (Å²) in [7, 11) is 3.40. The van der Waals surface area contributed by atoms with E-state index in [-0.39, 0.29) is 29.1 Å². The molecule has 1 aromatic heterocycles. The number of halogens is 1. The van der Waals surface area contributed by atoms with Gasteiger partial charge in [-0.2, -0.15) is 0 Å². The summed E-state index contributed by atoms with van der Waals surface area (Å²) in [5.74, 6) is 3.21. The van der Waals surface area contributed by atoms with Crippen molar-refractivity contribution in [3.63, 3.8) is 0 Å². The van der Waals surface area contributed by atoms with Crippen molar-refractivity contribution in [3.05, 3.63) is 64.4 Å². The lowest BCUT2D eigenvalue weighted by atomic mass is 9.88. The Bertz CT molecular complexity index is 1030. The van der Waals surface area contributed by atoms with Crippen molar-refractivity contribution < 1.29 is 14.6 Å². The van der Waals surface area contributed by atoms with Gasteiger partial charge < -0.3 is 14.6 Å². The van der Waals surface area contributed by atoms with Crippen molar-refractivity contribution in [3.8, 4) is 5.69 Å². The lowest BCUT2D eigenvalue weighted by Crippen LogP contribution is -2.30. The molecule has 5 rings (SSSR count). The fraction of sp³-hybridized carbons (Fsp3) is 0.478. The molecule has 0 spiro atoms. The van der Waals surface area contributed by atoms with E-state index in [1.807, 2.05) is 18.2 Å². The predicted molar refractivity (Wildman–Crippen MR) is 122 cm³/mol. The van der Waals surface area contributed by atoms with Crippen molar-refractivity contribution in [2.75, 3.05) is 20.8 Å². The van der Waals surface area contributed by atoms with Crippen LogP contribution in [0, 0.1) is 5.92 Å². The van der Waals surface area contributed by atoms with Gasteiger partial charge in [0.2, 0.25) is 0 Å². The number of aromatic nitrogens is 3. The first kappa shape index (κ1) is 21.1. The minimum absolute atomic E-state index is 0.00369. The van der Waals surface area contributed by atoms with E-state index in [1.54, 1.807) is 26.0 Å². The summed E-state index contributed by atoms with van der Waals surface area (Å²) in [6.07, 6.45) is 8.85. The molecule has 1 N–H and O–H groups in total. The molecule has 0 radical (unpaired) electrons. The van der Waals surface area contributed by atoms with E-state index in [0.29, 0.717) is 17.4 Å². The van der Waals surface area contributed by atoms with Crippen LogP contribution in [-0.2, 0) is 9.47 Å². The molecule has 3 aliphatic rings. The molecule has 0 bridgehead atoms. The highest BCUT2D eigenvalue weighted by Gasteiger charge is 2.42. The molecule has 1 aliphatic heterocycles. The van der Waals surface area contributed by atoms with Crippen LogP contribution in [0.15, 0.2) is 42.2 Å². The molecule has 2 heterocycles. The van der Waals surface area contributed by atoms with Crippen LogP contribution < -0.4 is 0 Å². The lowest BCUT2D eigenvalue weighted by Gasteiger charge is -2.34. The van der Waals surface area contributed by atoms with Crippen molar-refractivity contribution >= 4 is 23.4 Å². The summed E-state index contributed by atoms with van der Waals surface area (Å²) in [4.78, 5) is 0.